The predicted molar refractivity (Wildman–Crippen MR) is 92.6 cm³/mol. The first-order valence-electron chi connectivity index (χ1n) is 7.62. The van der Waals surface area contributed by atoms with E-state index in [2.05, 4.69) is 0 Å². The Hall–Kier alpha value is -2.31. The number of β-lactam (4-membered cyclic amide) rings is 1. The van der Waals surface area contributed by atoms with Gasteiger partial charge in [-0.15, -0.1) is 0 Å². The van der Waals surface area contributed by atoms with Crippen molar-refractivity contribution in [1.82, 2.24) is 9.37 Å². The van der Waals surface area contributed by atoms with Crippen LogP contribution in [0.15, 0.2) is 60.7 Å². The van der Waals surface area contributed by atoms with Crippen molar-refractivity contribution in [2.45, 2.75) is 19.2 Å². The smallest absolute Gasteiger partial charge is 0.274 e. The molecule has 1 fully saturated rings. The van der Waals surface area contributed by atoms with E-state index in [0.29, 0.717) is 5.56 Å². The summed E-state index contributed by atoms with van der Waals surface area (Å²) in [6.07, 6.45) is 1.70. The molecule has 24 heavy (non-hydrogen) atoms. The second-order valence-corrected chi connectivity index (χ2v) is 6.10. The van der Waals surface area contributed by atoms with Gasteiger partial charge in [0.05, 0.1) is 6.42 Å². The Bertz CT molecular complexity index is 709. The Labute approximate surface area is 145 Å². The summed E-state index contributed by atoms with van der Waals surface area (Å²) in [7, 11) is 0. The van der Waals surface area contributed by atoms with E-state index in [1.807, 2.05) is 42.7 Å². The summed E-state index contributed by atoms with van der Waals surface area (Å²) in [6.45, 7) is 0.270. The molecule has 1 atom stereocenters. The number of hydroxylamine groups is 2. The molecule has 0 saturated carbocycles. The lowest BCUT2D eigenvalue weighted by Crippen LogP contribution is -2.59. The second kappa shape index (κ2) is 7.51. The third-order valence-electron chi connectivity index (χ3n) is 3.78. The van der Waals surface area contributed by atoms with E-state index < -0.39 is 0 Å². The lowest BCUT2D eigenvalue weighted by molar-refractivity contribution is -0.201. The van der Waals surface area contributed by atoms with Gasteiger partial charge in [-0.1, -0.05) is 48.5 Å². The molecular weight excluding hydrogens is 324 g/mol. The summed E-state index contributed by atoms with van der Waals surface area (Å²) in [6, 6.07) is 18.6. The van der Waals surface area contributed by atoms with Crippen LogP contribution in [0.2, 0.25) is 0 Å². The Morgan fingerprint density at radius 2 is 1.79 bits per heavy atom. The van der Waals surface area contributed by atoms with Crippen molar-refractivity contribution >= 4 is 23.8 Å². The predicted octanol–water partition coefficient (Wildman–Crippen LogP) is 3.10. The Morgan fingerprint density at radius 3 is 2.38 bits per heavy atom. The monoisotopic (exact) mass is 342 g/mol. The van der Waals surface area contributed by atoms with Crippen LogP contribution in [0.25, 0.3) is 0 Å². The molecule has 0 aromatic heterocycles. The SMILES string of the molecule is CSN1C(=O)CC1N(OCc1ccccc1)C(=O)c1ccccc1. The van der Waals surface area contributed by atoms with Crippen LogP contribution in [-0.2, 0) is 16.2 Å². The molecule has 0 spiro atoms. The van der Waals surface area contributed by atoms with Crippen molar-refractivity contribution in [1.29, 1.82) is 0 Å². The van der Waals surface area contributed by atoms with Gasteiger partial charge < -0.3 is 0 Å². The van der Waals surface area contributed by atoms with Crippen LogP contribution in [-0.4, -0.2) is 33.6 Å². The van der Waals surface area contributed by atoms with Gasteiger partial charge in [-0.05, 0) is 29.6 Å². The van der Waals surface area contributed by atoms with E-state index in [1.54, 1.807) is 28.6 Å². The molecule has 0 N–H and O–H groups in total. The first-order chi connectivity index (χ1) is 11.7. The number of amides is 2. The van der Waals surface area contributed by atoms with Gasteiger partial charge in [-0.3, -0.25) is 18.7 Å². The minimum absolute atomic E-state index is 0.00155. The lowest BCUT2D eigenvalue weighted by Gasteiger charge is -2.43. The topological polar surface area (TPSA) is 49.9 Å². The number of hydrogen-bond donors (Lipinski definition) is 0. The Kier molecular flexibility index (Phi) is 5.17. The minimum Gasteiger partial charge on any atom is -0.274 e. The summed E-state index contributed by atoms with van der Waals surface area (Å²) in [5.74, 6) is -0.246. The largest absolute Gasteiger partial charge is 0.279 e. The fourth-order valence-corrected chi connectivity index (χ4v) is 3.17. The molecule has 0 bridgehead atoms. The van der Waals surface area contributed by atoms with Gasteiger partial charge in [0.2, 0.25) is 5.91 Å². The average molecular weight is 342 g/mol. The quantitative estimate of drug-likeness (QED) is 0.460. The van der Waals surface area contributed by atoms with Gasteiger partial charge in [-0.25, -0.2) is 0 Å². The van der Waals surface area contributed by atoms with Crippen LogP contribution in [0.5, 0.6) is 0 Å². The van der Waals surface area contributed by atoms with Crippen molar-refractivity contribution in [2.75, 3.05) is 6.26 Å². The highest BCUT2D eigenvalue weighted by Gasteiger charge is 2.43. The zero-order valence-electron chi connectivity index (χ0n) is 13.3. The molecule has 124 valence electrons. The summed E-state index contributed by atoms with van der Waals surface area (Å²) in [4.78, 5) is 30.3. The second-order valence-electron chi connectivity index (χ2n) is 5.34. The molecule has 5 nitrogen and oxygen atoms in total. The van der Waals surface area contributed by atoms with Gasteiger partial charge in [0.1, 0.15) is 6.61 Å². The van der Waals surface area contributed by atoms with Crippen LogP contribution >= 0.6 is 11.9 Å². The minimum atomic E-state index is -0.385. The van der Waals surface area contributed by atoms with Crippen LogP contribution in [0, 0.1) is 0 Å². The van der Waals surface area contributed by atoms with E-state index in [0.717, 1.165) is 5.56 Å². The number of carbonyl (C=O) groups is 2. The molecule has 1 heterocycles. The average Bonchev–Trinajstić information content (AvgIpc) is 2.62. The van der Waals surface area contributed by atoms with Gasteiger partial charge in [0.25, 0.3) is 5.91 Å². The maximum atomic E-state index is 12.8. The highest BCUT2D eigenvalue weighted by Crippen LogP contribution is 2.30. The molecule has 3 rings (SSSR count). The number of carbonyl (C=O) groups excluding carboxylic acids is 2. The molecule has 0 radical (unpaired) electrons. The van der Waals surface area contributed by atoms with E-state index in [-0.39, 0.29) is 31.0 Å². The Morgan fingerprint density at radius 1 is 1.17 bits per heavy atom. The van der Waals surface area contributed by atoms with Crippen LogP contribution in [0.3, 0.4) is 0 Å². The molecule has 1 saturated heterocycles. The first kappa shape index (κ1) is 16.5. The van der Waals surface area contributed by atoms with Crippen LogP contribution in [0.4, 0.5) is 0 Å². The zero-order chi connectivity index (χ0) is 16.9. The first-order valence-corrected chi connectivity index (χ1v) is 8.80. The number of nitrogens with zero attached hydrogens (tertiary/aromatic N) is 2. The summed E-state index contributed by atoms with van der Waals surface area (Å²) in [5, 5.41) is 1.32. The molecule has 1 aliphatic rings. The van der Waals surface area contributed by atoms with E-state index in [9.17, 15) is 9.59 Å². The van der Waals surface area contributed by atoms with Crippen molar-refractivity contribution < 1.29 is 14.4 Å². The number of hydrogen-bond acceptors (Lipinski definition) is 4. The molecule has 0 aliphatic carbocycles. The third kappa shape index (κ3) is 3.44. The van der Waals surface area contributed by atoms with Gasteiger partial charge >= 0.3 is 0 Å². The van der Waals surface area contributed by atoms with Gasteiger partial charge in [0, 0.05) is 11.8 Å². The van der Waals surface area contributed by atoms with Crippen molar-refractivity contribution in [3.63, 3.8) is 0 Å². The fraction of sp³-hybridized carbons (Fsp3) is 0.222. The normalized spacial score (nSPS) is 16.6. The molecule has 2 aromatic rings. The zero-order valence-corrected chi connectivity index (χ0v) is 14.1. The molecule has 6 heteroatoms. The fourth-order valence-electron chi connectivity index (χ4n) is 2.49. The molecule has 1 aliphatic heterocycles. The maximum absolute atomic E-state index is 12.8. The highest BCUT2D eigenvalue weighted by atomic mass is 32.2. The number of benzene rings is 2. The van der Waals surface area contributed by atoms with Crippen molar-refractivity contribution in [3.05, 3.63) is 71.8 Å². The number of rotatable bonds is 6. The molecule has 1 unspecified atom stereocenters. The van der Waals surface area contributed by atoms with Crippen LogP contribution < -0.4 is 0 Å². The Balaban J connectivity index is 1.78. The van der Waals surface area contributed by atoms with Gasteiger partial charge in [0.15, 0.2) is 6.17 Å². The highest BCUT2D eigenvalue weighted by molar-refractivity contribution is 7.96. The lowest BCUT2D eigenvalue weighted by atomic mass is 10.1. The summed E-state index contributed by atoms with van der Waals surface area (Å²) < 4.78 is 1.56. The summed E-state index contributed by atoms with van der Waals surface area (Å²) >= 11 is 1.30. The molecule has 2 aromatic carbocycles. The standard InChI is InChI=1S/C18H18N2O3S/c1-24-20-16(12-17(20)21)19(18(22)15-10-6-3-7-11-15)23-13-14-8-4-2-5-9-14/h2-11,16H,12-13H2,1H3. The van der Waals surface area contributed by atoms with Crippen molar-refractivity contribution in [2.24, 2.45) is 0 Å². The van der Waals surface area contributed by atoms with E-state index in [4.69, 9.17) is 4.84 Å². The third-order valence-corrected chi connectivity index (χ3v) is 4.62. The van der Waals surface area contributed by atoms with Gasteiger partial charge in [-0.2, -0.15) is 5.06 Å². The molecular formula is C18H18N2O3S. The van der Waals surface area contributed by atoms with E-state index >= 15 is 0 Å². The van der Waals surface area contributed by atoms with Crippen molar-refractivity contribution in [3.8, 4) is 0 Å². The maximum Gasteiger partial charge on any atom is 0.279 e. The van der Waals surface area contributed by atoms with E-state index in [1.165, 1.54) is 17.0 Å². The summed E-state index contributed by atoms with van der Waals surface area (Å²) in [5.41, 5.74) is 1.50. The van der Waals surface area contributed by atoms with Crippen LogP contribution in [0.1, 0.15) is 22.3 Å². The molecule has 2 amide bonds.